The first-order valence-corrected chi connectivity index (χ1v) is 7.52. The highest BCUT2D eigenvalue weighted by atomic mass is 32.2. The van der Waals surface area contributed by atoms with Crippen molar-refractivity contribution in [3.05, 3.63) is 53.7 Å². The van der Waals surface area contributed by atoms with Crippen LogP contribution < -0.4 is 10.5 Å². The standard InChI is InChI=1S/C14H13FN2O3S/c15-13-9-11(3-1-7-16)5-6-14(13)21(18,19)17-10-12-4-2-8-20-12/h2,4-6,8-9,17H,7,10,16H2. The Kier molecular flexibility index (Phi) is 4.75. The van der Waals surface area contributed by atoms with Gasteiger partial charge in [0.1, 0.15) is 16.5 Å². The second kappa shape index (κ2) is 6.54. The molecule has 0 amide bonds. The summed E-state index contributed by atoms with van der Waals surface area (Å²) in [6.07, 6.45) is 1.43. The zero-order valence-electron chi connectivity index (χ0n) is 11.0. The first kappa shape index (κ1) is 15.3. The molecule has 0 fully saturated rings. The molecule has 1 aromatic carbocycles. The van der Waals surface area contributed by atoms with Crippen LogP contribution in [-0.2, 0) is 16.6 Å². The summed E-state index contributed by atoms with van der Waals surface area (Å²) < 4.78 is 45.2. The third-order valence-corrected chi connectivity index (χ3v) is 4.01. The molecule has 1 aromatic heterocycles. The highest BCUT2D eigenvalue weighted by Crippen LogP contribution is 2.16. The van der Waals surface area contributed by atoms with Gasteiger partial charge in [-0.3, -0.25) is 0 Å². The number of hydrogen-bond acceptors (Lipinski definition) is 4. The molecule has 0 unspecified atom stereocenters. The van der Waals surface area contributed by atoms with Crippen molar-refractivity contribution >= 4 is 10.0 Å². The zero-order chi connectivity index (χ0) is 15.3. The van der Waals surface area contributed by atoms with E-state index in [9.17, 15) is 12.8 Å². The lowest BCUT2D eigenvalue weighted by atomic mass is 10.2. The Morgan fingerprint density at radius 1 is 1.33 bits per heavy atom. The van der Waals surface area contributed by atoms with Crippen molar-refractivity contribution in [2.75, 3.05) is 6.54 Å². The molecule has 0 aliphatic carbocycles. The van der Waals surface area contributed by atoms with E-state index in [1.807, 2.05) is 0 Å². The summed E-state index contributed by atoms with van der Waals surface area (Å²) in [5.41, 5.74) is 5.58. The molecule has 0 saturated carbocycles. The lowest BCUT2D eigenvalue weighted by Crippen LogP contribution is -2.24. The molecule has 21 heavy (non-hydrogen) atoms. The van der Waals surface area contributed by atoms with Gasteiger partial charge in [-0.05, 0) is 30.3 Å². The van der Waals surface area contributed by atoms with Crippen molar-refractivity contribution in [2.24, 2.45) is 5.73 Å². The number of benzene rings is 1. The third kappa shape index (κ3) is 3.92. The molecule has 110 valence electrons. The molecule has 3 N–H and O–H groups in total. The van der Waals surface area contributed by atoms with Gasteiger partial charge >= 0.3 is 0 Å². The molecule has 2 rings (SSSR count). The Morgan fingerprint density at radius 3 is 2.76 bits per heavy atom. The minimum atomic E-state index is -3.96. The van der Waals surface area contributed by atoms with Gasteiger partial charge < -0.3 is 10.2 Å². The molecule has 0 saturated heterocycles. The average molecular weight is 308 g/mol. The predicted molar refractivity (Wildman–Crippen MR) is 75.1 cm³/mol. The van der Waals surface area contributed by atoms with Gasteiger partial charge in [-0.2, -0.15) is 0 Å². The van der Waals surface area contributed by atoms with E-state index in [2.05, 4.69) is 16.6 Å². The average Bonchev–Trinajstić information content (AvgIpc) is 2.96. The molecule has 7 heteroatoms. The number of rotatable bonds is 4. The van der Waals surface area contributed by atoms with E-state index in [0.717, 1.165) is 6.07 Å². The maximum absolute atomic E-state index is 13.9. The number of halogens is 1. The number of furan rings is 1. The Balaban J connectivity index is 2.19. The maximum atomic E-state index is 13.9. The van der Waals surface area contributed by atoms with Crippen molar-refractivity contribution in [2.45, 2.75) is 11.4 Å². The number of nitrogens with one attached hydrogen (secondary N) is 1. The SMILES string of the molecule is NCC#Cc1ccc(S(=O)(=O)NCc2ccco2)c(F)c1. The molecule has 0 radical (unpaired) electrons. The number of sulfonamides is 1. The van der Waals surface area contributed by atoms with E-state index in [1.165, 1.54) is 18.4 Å². The second-order valence-electron chi connectivity index (χ2n) is 4.06. The zero-order valence-corrected chi connectivity index (χ0v) is 11.8. The lowest BCUT2D eigenvalue weighted by Gasteiger charge is -2.06. The topological polar surface area (TPSA) is 85.3 Å². The van der Waals surface area contributed by atoms with Crippen LogP contribution in [0.25, 0.3) is 0 Å². The van der Waals surface area contributed by atoms with Crippen LogP contribution in [0, 0.1) is 17.7 Å². The third-order valence-electron chi connectivity index (χ3n) is 2.57. The minimum Gasteiger partial charge on any atom is -0.468 e. The quantitative estimate of drug-likeness (QED) is 0.831. The molecule has 5 nitrogen and oxygen atoms in total. The molecular weight excluding hydrogens is 295 g/mol. The summed E-state index contributed by atoms with van der Waals surface area (Å²) in [5, 5.41) is 0. The fraction of sp³-hybridized carbons (Fsp3) is 0.143. The minimum absolute atomic E-state index is 0.0521. The van der Waals surface area contributed by atoms with E-state index in [-0.39, 0.29) is 13.1 Å². The number of nitrogens with two attached hydrogens (primary N) is 1. The van der Waals surface area contributed by atoms with Gasteiger partial charge in [0.25, 0.3) is 0 Å². The van der Waals surface area contributed by atoms with Crippen molar-refractivity contribution in [1.82, 2.24) is 4.72 Å². The Hall–Kier alpha value is -2.14. The Morgan fingerprint density at radius 2 is 2.14 bits per heavy atom. The van der Waals surface area contributed by atoms with Gasteiger partial charge in [-0.25, -0.2) is 17.5 Å². The highest BCUT2D eigenvalue weighted by Gasteiger charge is 2.19. The van der Waals surface area contributed by atoms with Gasteiger partial charge in [0, 0.05) is 5.56 Å². The van der Waals surface area contributed by atoms with Gasteiger partial charge in [0.05, 0.1) is 19.4 Å². The Labute approximate surface area is 122 Å². The smallest absolute Gasteiger partial charge is 0.243 e. The van der Waals surface area contributed by atoms with Crippen LogP contribution in [-0.4, -0.2) is 15.0 Å². The van der Waals surface area contributed by atoms with Gasteiger partial charge in [0.2, 0.25) is 10.0 Å². The van der Waals surface area contributed by atoms with E-state index < -0.39 is 20.7 Å². The highest BCUT2D eigenvalue weighted by molar-refractivity contribution is 7.89. The number of hydrogen-bond donors (Lipinski definition) is 2. The van der Waals surface area contributed by atoms with Gasteiger partial charge in [-0.1, -0.05) is 11.8 Å². The van der Waals surface area contributed by atoms with E-state index in [0.29, 0.717) is 11.3 Å². The summed E-state index contributed by atoms with van der Waals surface area (Å²) in [6, 6.07) is 6.90. The molecular formula is C14H13FN2O3S. The van der Waals surface area contributed by atoms with Crippen LogP contribution >= 0.6 is 0 Å². The van der Waals surface area contributed by atoms with Crippen molar-refractivity contribution < 1.29 is 17.2 Å². The van der Waals surface area contributed by atoms with E-state index in [4.69, 9.17) is 10.2 Å². The first-order chi connectivity index (χ1) is 10.0. The van der Waals surface area contributed by atoms with Crippen LogP contribution in [0.3, 0.4) is 0 Å². The lowest BCUT2D eigenvalue weighted by molar-refractivity contribution is 0.497. The van der Waals surface area contributed by atoms with Crippen LogP contribution in [0.2, 0.25) is 0 Å². The van der Waals surface area contributed by atoms with Gasteiger partial charge in [0.15, 0.2) is 0 Å². The molecule has 0 atom stereocenters. The molecule has 2 aromatic rings. The van der Waals surface area contributed by atoms with Crippen molar-refractivity contribution in [1.29, 1.82) is 0 Å². The molecule has 0 spiro atoms. The molecule has 0 bridgehead atoms. The molecule has 1 heterocycles. The summed E-state index contributed by atoms with van der Waals surface area (Å²) in [7, 11) is -3.96. The fourth-order valence-corrected chi connectivity index (χ4v) is 2.66. The summed E-state index contributed by atoms with van der Waals surface area (Å²) >= 11 is 0. The second-order valence-corrected chi connectivity index (χ2v) is 5.79. The summed E-state index contributed by atoms with van der Waals surface area (Å²) in [4.78, 5) is -0.438. The largest absolute Gasteiger partial charge is 0.468 e. The molecule has 0 aliphatic rings. The van der Waals surface area contributed by atoms with Crippen LogP contribution in [0.5, 0.6) is 0 Å². The van der Waals surface area contributed by atoms with Crippen LogP contribution in [0.1, 0.15) is 11.3 Å². The van der Waals surface area contributed by atoms with Crippen LogP contribution in [0.4, 0.5) is 4.39 Å². The normalized spacial score (nSPS) is 11.0. The van der Waals surface area contributed by atoms with Gasteiger partial charge in [-0.15, -0.1) is 0 Å². The fourth-order valence-electron chi connectivity index (χ4n) is 1.61. The monoisotopic (exact) mass is 308 g/mol. The van der Waals surface area contributed by atoms with E-state index in [1.54, 1.807) is 12.1 Å². The molecule has 0 aliphatic heterocycles. The van der Waals surface area contributed by atoms with E-state index >= 15 is 0 Å². The summed E-state index contributed by atoms with van der Waals surface area (Å²) in [6.45, 7) is 0.0931. The summed E-state index contributed by atoms with van der Waals surface area (Å²) in [5.74, 6) is 4.77. The van der Waals surface area contributed by atoms with Crippen molar-refractivity contribution in [3.8, 4) is 11.8 Å². The van der Waals surface area contributed by atoms with Crippen LogP contribution in [0.15, 0.2) is 45.9 Å². The Bertz CT molecular complexity index is 774. The first-order valence-electron chi connectivity index (χ1n) is 6.03. The predicted octanol–water partition coefficient (Wildman–Crippen LogP) is 1.21. The van der Waals surface area contributed by atoms with Crippen molar-refractivity contribution in [3.63, 3.8) is 0 Å². The maximum Gasteiger partial charge on any atom is 0.243 e.